The smallest absolute Gasteiger partial charge is 0.390 e. The zero-order chi connectivity index (χ0) is 15.9. The highest BCUT2D eigenvalue weighted by Gasteiger charge is 2.49. The first kappa shape index (κ1) is 16.0. The molecule has 0 heterocycles. The third kappa shape index (κ3) is 2.19. The largest absolute Gasteiger partial charge is 0.423 e. The van der Waals surface area contributed by atoms with Crippen molar-refractivity contribution in [2.75, 3.05) is 14.2 Å². The molecule has 21 heavy (non-hydrogen) atoms. The zero-order valence-electron chi connectivity index (χ0n) is 14.3. The molecule has 0 saturated carbocycles. The SMILES string of the molecule is CO[Si](OC)(C1=C=C(C)C(C)=C1C)C1=C=C(C)C(C)=C1C. The predicted molar refractivity (Wildman–Crippen MR) is 88.9 cm³/mol. The molecule has 0 unspecified atom stereocenters. The molecule has 2 aliphatic rings. The first-order valence-electron chi connectivity index (χ1n) is 7.22. The molecule has 0 aromatic rings. The van der Waals surface area contributed by atoms with E-state index < -0.39 is 8.56 Å². The Bertz CT molecular complexity index is 642. The van der Waals surface area contributed by atoms with E-state index in [9.17, 15) is 0 Å². The number of rotatable bonds is 4. The topological polar surface area (TPSA) is 18.5 Å². The average molecular weight is 300 g/mol. The molecule has 0 fully saturated rings. The molecule has 2 rings (SSSR count). The third-order valence-corrected chi connectivity index (χ3v) is 8.32. The minimum atomic E-state index is -2.72. The number of hydrogen-bond acceptors (Lipinski definition) is 2. The van der Waals surface area contributed by atoms with Gasteiger partial charge in [-0.15, -0.1) is 11.5 Å². The maximum atomic E-state index is 6.01. The minimum absolute atomic E-state index is 1.09. The molecule has 0 saturated heterocycles. The Labute approximate surface area is 129 Å². The molecule has 2 aliphatic carbocycles. The van der Waals surface area contributed by atoms with Gasteiger partial charge in [0.15, 0.2) is 0 Å². The molecule has 112 valence electrons. The maximum absolute atomic E-state index is 6.01. The molecule has 0 aromatic heterocycles. The van der Waals surface area contributed by atoms with Crippen LogP contribution in [0.2, 0.25) is 0 Å². The molecule has 0 aromatic carbocycles. The van der Waals surface area contributed by atoms with E-state index in [0.717, 1.165) is 10.4 Å². The second-order valence-electron chi connectivity index (χ2n) is 5.77. The molecule has 0 aliphatic heterocycles. The molecule has 0 N–H and O–H groups in total. The van der Waals surface area contributed by atoms with Crippen molar-refractivity contribution in [3.63, 3.8) is 0 Å². The van der Waals surface area contributed by atoms with Gasteiger partial charge in [-0.1, -0.05) is 0 Å². The van der Waals surface area contributed by atoms with E-state index in [1.54, 1.807) is 14.2 Å². The lowest BCUT2D eigenvalue weighted by Crippen LogP contribution is -2.45. The van der Waals surface area contributed by atoms with E-state index in [-0.39, 0.29) is 0 Å². The predicted octanol–water partition coefficient (Wildman–Crippen LogP) is 4.44. The van der Waals surface area contributed by atoms with Gasteiger partial charge in [0, 0.05) is 24.6 Å². The van der Waals surface area contributed by atoms with Crippen molar-refractivity contribution in [2.45, 2.75) is 41.5 Å². The van der Waals surface area contributed by atoms with E-state index in [1.165, 1.54) is 33.4 Å². The highest BCUT2D eigenvalue weighted by atomic mass is 28.4. The van der Waals surface area contributed by atoms with Crippen LogP contribution >= 0.6 is 0 Å². The van der Waals surface area contributed by atoms with Crippen molar-refractivity contribution in [1.29, 1.82) is 0 Å². The van der Waals surface area contributed by atoms with Crippen molar-refractivity contribution in [2.24, 2.45) is 0 Å². The van der Waals surface area contributed by atoms with E-state index in [4.69, 9.17) is 8.85 Å². The van der Waals surface area contributed by atoms with Crippen molar-refractivity contribution < 1.29 is 8.85 Å². The van der Waals surface area contributed by atoms with Crippen LogP contribution in [0, 0.1) is 0 Å². The maximum Gasteiger partial charge on any atom is 0.423 e. The van der Waals surface area contributed by atoms with Gasteiger partial charge in [-0.05, 0) is 75.0 Å². The van der Waals surface area contributed by atoms with Gasteiger partial charge in [0.25, 0.3) is 0 Å². The second kappa shape index (κ2) is 5.45. The summed E-state index contributed by atoms with van der Waals surface area (Å²) in [7, 11) is 0.766. The molecular formula is C18H24O2Si. The van der Waals surface area contributed by atoms with Crippen LogP contribution in [0.3, 0.4) is 0 Å². The van der Waals surface area contributed by atoms with Gasteiger partial charge in [-0.3, -0.25) is 0 Å². The highest BCUT2D eigenvalue weighted by molar-refractivity contribution is 6.83. The Morgan fingerprint density at radius 2 is 0.952 bits per heavy atom. The summed E-state index contributed by atoms with van der Waals surface area (Å²) >= 11 is 0. The summed E-state index contributed by atoms with van der Waals surface area (Å²) in [5.74, 6) is 0. The third-order valence-electron chi connectivity index (χ3n) is 4.86. The van der Waals surface area contributed by atoms with Gasteiger partial charge in [-0.2, -0.15) is 0 Å². The molecule has 0 spiro atoms. The van der Waals surface area contributed by atoms with Crippen LogP contribution in [0.5, 0.6) is 0 Å². The van der Waals surface area contributed by atoms with Gasteiger partial charge in [0.2, 0.25) is 0 Å². The summed E-state index contributed by atoms with van der Waals surface area (Å²) in [6.07, 6.45) is 0. The summed E-state index contributed by atoms with van der Waals surface area (Å²) in [6, 6.07) is 0. The number of allylic oxidation sites excluding steroid dienone is 6. The lowest BCUT2D eigenvalue weighted by Gasteiger charge is -2.30. The quantitative estimate of drug-likeness (QED) is 0.564. The normalized spacial score (nSPS) is 19.0. The molecule has 0 radical (unpaired) electrons. The lowest BCUT2D eigenvalue weighted by molar-refractivity contribution is 0.264. The van der Waals surface area contributed by atoms with Crippen LogP contribution in [0.25, 0.3) is 0 Å². The average Bonchev–Trinajstić information content (AvgIpc) is 2.88. The fourth-order valence-electron chi connectivity index (χ4n) is 2.96. The number of hydrogen-bond donors (Lipinski definition) is 0. The van der Waals surface area contributed by atoms with Crippen molar-refractivity contribution in [1.82, 2.24) is 0 Å². The summed E-state index contributed by atoms with van der Waals surface area (Å²) in [4.78, 5) is 0. The molecule has 2 nitrogen and oxygen atoms in total. The van der Waals surface area contributed by atoms with E-state index in [1.807, 2.05) is 0 Å². The van der Waals surface area contributed by atoms with Crippen LogP contribution in [0.15, 0.2) is 55.3 Å². The Morgan fingerprint density at radius 1 is 0.619 bits per heavy atom. The van der Waals surface area contributed by atoms with E-state index in [2.05, 4.69) is 53.0 Å². The van der Waals surface area contributed by atoms with Crippen LogP contribution in [0.4, 0.5) is 0 Å². The standard InChI is InChI=1S/C18H24O2Si/c1-11-9-17(15(5)13(11)3)21(19-7,20-8)18-10-12(2)14(4)16(18)6/h1-8H3. The monoisotopic (exact) mass is 300 g/mol. The molecule has 0 amide bonds. The van der Waals surface area contributed by atoms with Crippen molar-refractivity contribution in [3.8, 4) is 0 Å². The second-order valence-corrected chi connectivity index (χ2v) is 8.82. The zero-order valence-corrected chi connectivity index (χ0v) is 15.3. The van der Waals surface area contributed by atoms with Crippen LogP contribution in [0.1, 0.15) is 41.5 Å². The van der Waals surface area contributed by atoms with Gasteiger partial charge in [0.05, 0.1) is 0 Å². The van der Waals surface area contributed by atoms with Gasteiger partial charge in [-0.25, -0.2) is 0 Å². The highest BCUT2D eigenvalue weighted by Crippen LogP contribution is 2.41. The van der Waals surface area contributed by atoms with E-state index >= 15 is 0 Å². The Balaban J connectivity index is 2.73. The molecule has 0 bridgehead atoms. The van der Waals surface area contributed by atoms with Gasteiger partial charge in [0.1, 0.15) is 0 Å². The molecular weight excluding hydrogens is 276 g/mol. The summed E-state index contributed by atoms with van der Waals surface area (Å²) in [5, 5.41) is 2.18. The van der Waals surface area contributed by atoms with Crippen LogP contribution in [-0.2, 0) is 8.85 Å². The van der Waals surface area contributed by atoms with Crippen molar-refractivity contribution >= 4 is 8.56 Å². The van der Waals surface area contributed by atoms with E-state index in [0.29, 0.717) is 0 Å². The fourth-order valence-corrected chi connectivity index (χ4v) is 6.26. The fraction of sp³-hybridized carbons (Fsp3) is 0.444. The first-order chi connectivity index (χ1) is 9.80. The first-order valence-corrected chi connectivity index (χ1v) is 9.04. The van der Waals surface area contributed by atoms with Gasteiger partial charge < -0.3 is 8.85 Å². The summed E-state index contributed by atoms with van der Waals surface area (Å²) in [5.41, 5.74) is 14.3. The Kier molecular flexibility index (Phi) is 4.16. The van der Waals surface area contributed by atoms with Crippen molar-refractivity contribution in [3.05, 3.63) is 55.3 Å². The Morgan fingerprint density at radius 3 is 1.14 bits per heavy atom. The lowest BCUT2D eigenvalue weighted by atomic mass is 10.1. The summed E-state index contributed by atoms with van der Waals surface area (Å²) < 4.78 is 12.0. The van der Waals surface area contributed by atoms with Crippen LogP contribution in [-0.4, -0.2) is 22.8 Å². The Hall–Kier alpha value is -1.34. The van der Waals surface area contributed by atoms with Gasteiger partial charge >= 0.3 is 8.56 Å². The molecule has 0 atom stereocenters. The van der Waals surface area contributed by atoms with Crippen LogP contribution < -0.4 is 0 Å². The minimum Gasteiger partial charge on any atom is -0.390 e. The molecule has 3 heteroatoms. The summed E-state index contributed by atoms with van der Waals surface area (Å²) in [6.45, 7) is 12.7.